The molecule has 0 saturated heterocycles. The number of halogens is 1. The van der Waals surface area contributed by atoms with E-state index in [0.29, 0.717) is 22.6 Å². The van der Waals surface area contributed by atoms with E-state index in [2.05, 4.69) is 10.6 Å². The van der Waals surface area contributed by atoms with Gasteiger partial charge in [-0.1, -0.05) is 23.7 Å². The molecule has 162 valence electrons. The summed E-state index contributed by atoms with van der Waals surface area (Å²) in [4.78, 5) is 24.1. The number of rotatable bonds is 5. The van der Waals surface area contributed by atoms with Crippen molar-refractivity contribution in [2.45, 2.75) is 44.7 Å². The first-order valence-corrected chi connectivity index (χ1v) is 11.1. The highest BCUT2D eigenvalue weighted by Gasteiger charge is 2.24. The molecule has 1 aliphatic carbocycles. The molecule has 4 rings (SSSR count). The van der Waals surface area contributed by atoms with Crippen molar-refractivity contribution in [2.24, 2.45) is 0 Å². The van der Waals surface area contributed by atoms with Gasteiger partial charge < -0.3 is 15.5 Å². The first-order chi connectivity index (χ1) is 14.9. The molecule has 6 nitrogen and oxygen atoms in total. The van der Waals surface area contributed by atoms with Gasteiger partial charge >= 0.3 is 0 Å². The highest BCUT2D eigenvalue weighted by molar-refractivity contribution is 6.30. The average Bonchev–Trinajstić information content (AvgIpc) is 2.74. The summed E-state index contributed by atoms with van der Waals surface area (Å²) < 4.78 is 0. The summed E-state index contributed by atoms with van der Waals surface area (Å²) in [6, 6.07) is 13.9. The predicted octanol–water partition coefficient (Wildman–Crippen LogP) is 4.81. The van der Waals surface area contributed by atoms with E-state index >= 15 is 0 Å². The lowest BCUT2D eigenvalue weighted by Crippen LogP contribution is -2.40. The van der Waals surface area contributed by atoms with Gasteiger partial charge in [-0.15, -0.1) is 0 Å². The van der Waals surface area contributed by atoms with Gasteiger partial charge in [0.15, 0.2) is 0 Å². The Morgan fingerprint density at radius 2 is 1.74 bits per heavy atom. The number of carbonyl (C=O) groups excluding carboxylic acids is 1. The molecular weight excluding hydrogens is 410 g/mol. The van der Waals surface area contributed by atoms with Crippen LogP contribution in [0, 0.1) is 6.92 Å². The molecular formula is C24H28ClN5O. The SMILES string of the molecule is Cc1cc(Cl)ccc1C(=O)NC1CCC(Nc2nc(N(C)C)c3ccccc3n2)CC1. The third kappa shape index (κ3) is 4.90. The Labute approximate surface area is 188 Å². The monoisotopic (exact) mass is 437 g/mol. The van der Waals surface area contributed by atoms with E-state index < -0.39 is 0 Å². The number of hydrogen-bond acceptors (Lipinski definition) is 5. The fraction of sp³-hybridized carbons (Fsp3) is 0.375. The van der Waals surface area contributed by atoms with Gasteiger partial charge in [0.1, 0.15) is 5.82 Å². The summed E-state index contributed by atoms with van der Waals surface area (Å²) in [5, 5.41) is 8.38. The van der Waals surface area contributed by atoms with Gasteiger partial charge in [-0.3, -0.25) is 4.79 Å². The molecule has 1 saturated carbocycles. The summed E-state index contributed by atoms with van der Waals surface area (Å²) in [7, 11) is 3.99. The highest BCUT2D eigenvalue weighted by atomic mass is 35.5. The molecule has 0 atom stereocenters. The number of amides is 1. The molecule has 1 aromatic heterocycles. The van der Waals surface area contributed by atoms with Crippen molar-refractivity contribution >= 4 is 40.2 Å². The number of fused-ring (bicyclic) bond motifs is 1. The van der Waals surface area contributed by atoms with E-state index in [-0.39, 0.29) is 11.9 Å². The standard InChI is InChI=1S/C24H28ClN5O/c1-15-14-16(25)8-13-19(15)23(31)26-17-9-11-18(12-10-17)27-24-28-21-7-5-4-6-20(21)22(29-24)30(2)3/h4-8,13-14,17-18H,9-12H2,1-3H3,(H,26,31)(H,27,28,29). The molecule has 0 unspecified atom stereocenters. The Balaban J connectivity index is 1.38. The van der Waals surface area contributed by atoms with Crippen molar-refractivity contribution < 1.29 is 4.79 Å². The van der Waals surface area contributed by atoms with E-state index in [0.717, 1.165) is 48.0 Å². The van der Waals surface area contributed by atoms with E-state index in [9.17, 15) is 4.79 Å². The van der Waals surface area contributed by atoms with Crippen molar-refractivity contribution in [3.8, 4) is 0 Å². The number of hydrogen-bond donors (Lipinski definition) is 2. The molecule has 1 aliphatic rings. The minimum absolute atomic E-state index is 0.0286. The summed E-state index contributed by atoms with van der Waals surface area (Å²) in [5.41, 5.74) is 2.51. The van der Waals surface area contributed by atoms with Crippen molar-refractivity contribution in [1.29, 1.82) is 0 Å². The van der Waals surface area contributed by atoms with E-state index in [4.69, 9.17) is 21.6 Å². The Kier molecular flexibility index (Phi) is 6.28. The van der Waals surface area contributed by atoms with Crippen molar-refractivity contribution in [2.75, 3.05) is 24.3 Å². The number of nitrogens with zero attached hydrogens (tertiary/aromatic N) is 3. The number of benzene rings is 2. The third-order valence-corrected chi connectivity index (χ3v) is 6.07. The van der Waals surface area contributed by atoms with Crippen LogP contribution in [0.25, 0.3) is 10.9 Å². The molecule has 1 amide bonds. The van der Waals surface area contributed by atoms with E-state index in [1.54, 1.807) is 12.1 Å². The van der Waals surface area contributed by atoms with Crippen molar-refractivity contribution in [3.63, 3.8) is 0 Å². The highest BCUT2D eigenvalue weighted by Crippen LogP contribution is 2.26. The lowest BCUT2D eigenvalue weighted by Gasteiger charge is -2.30. The number of aromatic nitrogens is 2. The van der Waals surface area contributed by atoms with Gasteiger partial charge in [0.05, 0.1) is 5.52 Å². The molecule has 1 heterocycles. The zero-order chi connectivity index (χ0) is 22.0. The van der Waals surface area contributed by atoms with Crippen LogP contribution in [-0.4, -0.2) is 42.1 Å². The van der Waals surface area contributed by atoms with Crippen LogP contribution in [0.1, 0.15) is 41.6 Å². The molecule has 0 spiro atoms. The van der Waals surface area contributed by atoms with Crippen LogP contribution in [-0.2, 0) is 0 Å². The molecule has 31 heavy (non-hydrogen) atoms. The summed E-state index contributed by atoms with van der Waals surface area (Å²) in [5.74, 6) is 1.54. The van der Waals surface area contributed by atoms with Gasteiger partial charge in [-0.05, 0) is 68.5 Å². The number of carbonyl (C=O) groups is 1. The molecule has 7 heteroatoms. The molecule has 2 aromatic carbocycles. The number of para-hydroxylation sites is 1. The van der Waals surface area contributed by atoms with Crippen LogP contribution in [0.15, 0.2) is 42.5 Å². The predicted molar refractivity (Wildman–Crippen MR) is 127 cm³/mol. The maximum absolute atomic E-state index is 12.6. The first kappa shape index (κ1) is 21.4. The fourth-order valence-electron chi connectivity index (χ4n) is 4.17. The molecule has 2 N–H and O–H groups in total. The summed E-state index contributed by atoms with van der Waals surface area (Å²) in [6.07, 6.45) is 3.75. The number of anilines is 2. The normalized spacial score (nSPS) is 18.6. The lowest BCUT2D eigenvalue weighted by atomic mass is 9.91. The van der Waals surface area contributed by atoms with Gasteiger partial charge in [0.2, 0.25) is 5.95 Å². The Morgan fingerprint density at radius 1 is 1.03 bits per heavy atom. The van der Waals surface area contributed by atoms with Crippen LogP contribution in [0.5, 0.6) is 0 Å². The van der Waals surface area contributed by atoms with Crippen LogP contribution >= 0.6 is 11.6 Å². The molecule has 0 radical (unpaired) electrons. The van der Waals surface area contributed by atoms with Crippen LogP contribution in [0.3, 0.4) is 0 Å². The Hall–Kier alpha value is -2.86. The maximum atomic E-state index is 12.6. The van der Waals surface area contributed by atoms with Crippen LogP contribution in [0.4, 0.5) is 11.8 Å². The van der Waals surface area contributed by atoms with Gasteiger partial charge in [0, 0.05) is 42.2 Å². The smallest absolute Gasteiger partial charge is 0.251 e. The van der Waals surface area contributed by atoms with Crippen molar-refractivity contribution in [1.82, 2.24) is 15.3 Å². The van der Waals surface area contributed by atoms with E-state index in [1.165, 1.54) is 0 Å². The fourth-order valence-corrected chi connectivity index (χ4v) is 4.40. The second kappa shape index (κ2) is 9.10. The van der Waals surface area contributed by atoms with Gasteiger partial charge in [-0.25, -0.2) is 4.98 Å². The minimum Gasteiger partial charge on any atom is -0.362 e. The van der Waals surface area contributed by atoms with Gasteiger partial charge in [-0.2, -0.15) is 4.98 Å². The lowest BCUT2D eigenvalue weighted by molar-refractivity contribution is 0.0926. The second-order valence-electron chi connectivity index (χ2n) is 8.41. The average molecular weight is 438 g/mol. The van der Waals surface area contributed by atoms with Crippen LogP contribution in [0.2, 0.25) is 5.02 Å². The Bertz CT molecular complexity index is 1090. The zero-order valence-electron chi connectivity index (χ0n) is 18.2. The quantitative estimate of drug-likeness (QED) is 0.599. The molecule has 0 bridgehead atoms. The van der Waals surface area contributed by atoms with Gasteiger partial charge in [0.25, 0.3) is 5.91 Å². The van der Waals surface area contributed by atoms with Crippen LogP contribution < -0.4 is 15.5 Å². The molecule has 0 aliphatic heterocycles. The zero-order valence-corrected chi connectivity index (χ0v) is 18.9. The topological polar surface area (TPSA) is 70.2 Å². The van der Waals surface area contributed by atoms with Crippen molar-refractivity contribution in [3.05, 3.63) is 58.6 Å². The maximum Gasteiger partial charge on any atom is 0.251 e. The molecule has 1 fully saturated rings. The third-order valence-electron chi connectivity index (χ3n) is 5.84. The summed E-state index contributed by atoms with van der Waals surface area (Å²) >= 11 is 6.00. The Morgan fingerprint density at radius 3 is 2.45 bits per heavy atom. The molecule has 3 aromatic rings. The second-order valence-corrected chi connectivity index (χ2v) is 8.84. The van der Waals surface area contributed by atoms with E-state index in [1.807, 2.05) is 56.3 Å². The number of nitrogens with one attached hydrogen (secondary N) is 2. The summed E-state index contributed by atoms with van der Waals surface area (Å²) in [6.45, 7) is 1.91. The minimum atomic E-state index is -0.0286. The largest absolute Gasteiger partial charge is 0.362 e. The first-order valence-electron chi connectivity index (χ1n) is 10.7. The number of aryl methyl sites for hydroxylation is 1.